The smallest absolute Gasteiger partial charge is 0.258 e. The molecule has 7 heteroatoms. The van der Waals surface area contributed by atoms with Crippen LogP contribution in [0.15, 0.2) is 16.0 Å². The van der Waals surface area contributed by atoms with Gasteiger partial charge < -0.3 is 9.95 Å². The third-order valence-electron chi connectivity index (χ3n) is 2.97. The van der Waals surface area contributed by atoms with Crippen molar-refractivity contribution >= 4 is 5.88 Å². The number of piperidine rings is 1. The van der Waals surface area contributed by atoms with E-state index in [1.807, 2.05) is 0 Å². The lowest BCUT2D eigenvalue weighted by Crippen LogP contribution is -2.67. The van der Waals surface area contributed by atoms with E-state index in [-0.39, 0.29) is 5.88 Å². The Morgan fingerprint density at radius 3 is 2.88 bits per heavy atom. The maximum Gasteiger partial charge on any atom is 0.258 e. The largest absolute Gasteiger partial charge is 0.498 e. The first kappa shape index (κ1) is 10.8. The lowest BCUT2D eigenvalue weighted by atomic mass is 10.00. The molecular weight excluding hydrogens is 210 g/mol. The second-order valence-corrected chi connectivity index (χ2v) is 4.15. The summed E-state index contributed by atoms with van der Waals surface area (Å²) in [5, 5.41) is 8.37. The molecule has 2 unspecified atom stereocenters. The summed E-state index contributed by atoms with van der Waals surface area (Å²) in [5.41, 5.74) is 3.27. The Morgan fingerprint density at radius 1 is 1.56 bits per heavy atom. The van der Waals surface area contributed by atoms with Gasteiger partial charge in [-0.3, -0.25) is 0 Å². The van der Waals surface area contributed by atoms with Gasteiger partial charge >= 0.3 is 0 Å². The maximum atomic E-state index is 9.96. The molecule has 2 heterocycles. The van der Waals surface area contributed by atoms with Crippen LogP contribution in [0.2, 0.25) is 0 Å². The molecule has 2 rings (SSSR count). The molecule has 0 radical (unpaired) electrons. The molecule has 0 saturated carbocycles. The fraction of sp³-hybridized carbons (Fsp3) is 0.778. The predicted octanol–water partition coefficient (Wildman–Crippen LogP) is 1.55. The van der Waals surface area contributed by atoms with E-state index in [0.717, 1.165) is 12.8 Å². The Morgan fingerprint density at radius 2 is 2.25 bits per heavy atom. The molecule has 0 amide bonds. The van der Waals surface area contributed by atoms with E-state index >= 15 is 0 Å². The highest BCUT2D eigenvalue weighted by Crippen LogP contribution is 2.19. The van der Waals surface area contributed by atoms with Crippen LogP contribution < -0.4 is 9.80 Å². The van der Waals surface area contributed by atoms with Crippen LogP contribution in [0.5, 0.6) is 0 Å². The molecule has 0 spiro atoms. The van der Waals surface area contributed by atoms with E-state index in [2.05, 4.69) is 34.8 Å². The van der Waals surface area contributed by atoms with Crippen LogP contribution in [0.3, 0.4) is 0 Å². The fourth-order valence-corrected chi connectivity index (χ4v) is 2.23. The quantitative estimate of drug-likeness (QED) is 0.444. The first-order valence-corrected chi connectivity index (χ1v) is 5.43. The number of hydrogen-bond acceptors (Lipinski definition) is 5. The summed E-state index contributed by atoms with van der Waals surface area (Å²) in [5.74, 6) is 0.125. The first-order valence-electron chi connectivity index (χ1n) is 5.43. The Bertz CT molecular complexity index is 357. The van der Waals surface area contributed by atoms with E-state index in [0.29, 0.717) is 12.1 Å². The minimum absolute atomic E-state index is 0.125. The van der Waals surface area contributed by atoms with E-state index in [1.54, 1.807) is 11.0 Å². The van der Waals surface area contributed by atoms with Crippen molar-refractivity contribution in [3.8, 4) is 0 Å². The van der Waals surface area contributed by atoms with Gasteiger partial charge in [-0.2, -0.15) is 4.91 Å². The topological polar surface area (TPSA) is 76.7 Å². The van der Waals surface area contributed by atoms with Crippen molar-refractivity contribution < 1.29 is 9.31 Å². The fourth-order valence-electron chi connectivity index (χ4n) is 2.23. The summed E-state index contributed by atoms with van der Waals surface area (Å²) < 4.78 is 4.87. The minimum atomic E-state index is 0.125. The van der Waals surface area contributed by atoms with Gasteiger partial charge in [0.2, 0.25) is 5.27 Å². The van der Waals surface area contributed by atoms with E-state index in [9.17, 15) is 4.91 Å². The Labute approximate surface area is 93.3 Å². The zero-order chi connectivity index (χ0) is 11.5. The average Bonchev–Trinajstić information content (AvgIpc) is 2.67. The molecule has 0 aromatic carbocycles. The standard InChI is InChI=1S/C9H15N5O2/c1-7-4-3-5-8(2)14(7)13-6-9(10-11-15)16-12-13/h6-8H,3-5H2,1-2H3. The van der Waals surface area contributed by atoms with E-state index < -0.39 is 0 Å². The number of aromatic nitrogens is 2. The summed E-state index contributed by atoms with van der Waals surface area (Å²) in [6.45, 7) is 4.29. The van der Waals surface area contributed by atoms with Gasteiger partial charge in [-0.05, 0) is 33.1 Å². The van der Waals surface area contributed by atoms with Crippen LogP contribution in [0.1, 0.15) is 33.1 Å². The van der Waals surface area contributed by atoms with Gasteiger partial charge in [0.1, 0.15) is 5.88 Å². The summed E-state index contributed by atoms with van der Waals surface area (Å²) in [6.07, 6.45) is 5.05. The van der Waals surface area contributed by atoms with Crippen LogP contribution in [0, 0.1) is 4.91 Å². The Kier molecular flexibility index (Phi) is 3.02. The first-order chi connectivity index (χ1) is 7.72. The van der Waals surface area contributed by atoms with Gasteiger partial charge in [0, 0.05) is 0 Å². The van der Waals surface area contributed by atoms with Crippen LogP contribution >= 0.6 is 0 Å². The van der Waals surface area contributed by atoms with Crippen molar-refractivity contribution in [2.75, 3.05) is 5.01 Å². The van der Waals surface area contributed by atoms with Gasteiger partial charge in [-0.1, -0.05) is 0 Å². The second-order valence-electron chi connectivity index (χ2n) is 4.15. The molecule has 7 nitrogen and oxygen atoms in total. The molecule has 0 N–H and O–H groups in total. The molecule has 2 atom stereocenters. The zero-order valence-corrected chi connectivity index (χ0v) is 9.41. The van der Waals surface area contributed by atoms with Crippen LogP contribution in [-0.4, -0.2) is 17.4 Å². The van der Waals surface area contributed by atoms with Gasteiger partial charge in [0.05, 0.1) is 16.9 Å². The SMILES string of the molecule is CC1CCCC(C)N1[n+]1cc([N-]N=O)on1. The number of nitrogens with zero attached hydrogens (tertiary/aromatic N) is 5. The summed E-state index contributed by atoms with van der Waals surface area (Å²) in [7, 11) is 0. The third-order valence-corrected chi connectivity index (χ3v) is 2.97. The van der Waals surface area contributed by atoms with E-state index in [1.165, 1.54) is 6.42 Å². The molecule has 1 fully saturated rings. The van der Waals surface area contributed by atoms with Gasteiger partial charge in [-0.25, -0.2) is 0 Å². The maximum absolute atomic E-state index is 9.96. The summed E-state index contributed by atoms with van der Waals surface area (Å²) in [4.78, 5) is 11.6. The highest BCUT2D eigenvalue weighted by molar-refractivity contribution is 5.28. The molecule has 0 bridgehead atoms. The zero-order valence-electron chi connectivity index (χ0n) is 9.41. The van der Waals surface area contributed by atoms with Crippen LogP contribution in [0.25, 0.3) is 5.43 Å². The number of hydrogen-bond donors (Lipinski definition) is 0. The lowest BCUT2D eigenvalue weighted by molar-refractivity contribution is -0.765. The second kappa shape index (κ2) is 4.46. The molecule has 88 valence electrons. The normalized spacial score (nSPS) is 25.5. The summed E-state index contributed by atoms with van der Waals surface area (Å²) >= 11 is 0. The molecule has 1 aliphatic rings. The van der Waals surface area contributed by atoms with E-state index in [4.69, 9.17) is 4.52 Å². The number of nitroso groups, excluding NO2 is 1. The molecule has 1 aromatic rings. The highest BCUT2D eigenvalue weighted by Gasteiger charge is 2.33. The van der Waals surface area contributed by atoms with Crippen molar-refractivity contribution in [1.82, 2.24) is 5.27 Å². The Hall–Kier alpha value is -1.66. The molecule has 1 aromatic heterocycles. The molecule has 1 saturated heterocycles. The predicted molar refractivity (Wildman–Crippen MR) is 56.5 cm³/mol. The highest BCUT2D eigenvalue weighted by atomic mass is 16.5. The minimum Gasteiger partial charge on any atom is -0.498 e. The van der Waals surface area contributed by atoms with Crippen molar-refractivity contribution in [3.63, 3.8) is 0 Å². The van der Waals surface area contributed by atoms with Crippen molar-refractivity contribution in [2.45, 2.75) is 45.2 Å². The average molecular weight is 225 g/mol. The molecule has 0 aliphatic carbocycles. The van der Waals surface area contributed by atoms with Crippen molar-refractivity contribution in [1.29, 1.82) is 0 Å². The molecular formula is C9H15N5O2. The monoisotopic (exact) mass is 225 g/mol. The Balaban J connectivity index is 2.17. The lowest BCUT2D eigenvalue weighted by Gasteiger charge is -2.31. The van der Waals surface area contributed by atoms with Gasteiger partial charge in [0.25, 0.3) is 6.20 Å². The molecule has 1 aliphatic heterocycles. The molecule has 16 heavy (non-hydrogen) atoms. The van der Waals surface area contributed by atoms with Gasteiger partial charge in [-0.15, -0.1) is 10.3 Å². The third kappa shape index (κ3) is 1.98. The summed E-state index contributed by atoms with van der Waals surface area (Å²) in [6, 6.07) is 0.798. The number of rotatable bonds is 3. The van der Waals surface area contributed by atoms with Gasteiger partial charge in [0.15, 0.2) is 0 Å². The van der Waals surface area contributed by atoms with Crippen LogP contribution in [-0.2, 0) is 0 Å². The van der Waals surface area contributed by atoms with Crippen molar-refractivity contribution in [2.24, 2.45) is 5.29 Å². The van der Waals surface area contributed by atoms with Crippen molar-refractivity contribution in [3.05, 3.63) is 16.5 Å². The van der Waals surface area contributed by atoms with Crippen LogP contribution in [0.4, 0.5) is 5.88 Å².